The fraction of sp³-hybridized carbons (Fsp3) is 0.556. The number of piperidine rings is 1. The molecule has 174 valence electrons. The van der Waals surface area contributed by atoms with Crippen molar-refractivity contribution in [2.24, 2.45) is 11.8 Å². The third-order valence-electron chi connectivity index (χ3n) is 8.23. The van der Waals surface area contributed by atoms with E-state index in [1.165, 1.54) is 5.56 Å². The topological polar surface area (TPSA) is 68.7 Å². The number of hydrogen-bond donors (Lipinski definition) is 2. The van der Waals surface area contributed by atoms with Gasteiger partial charge in [-0.15, -0.1) is 0 Å². The zero-order chi connectivity index (χ0) is 22.6. The molecule has 2 aromatic rings. The minimum atomic E-state index is -0.469. The highest BCUT2D eigenvalue weighted by atomic mass is 16.3. The van der Waals surface area contributed by atoms with Crippen LogP contribution in [0, 0.1) is 11.8 Å². The molecule has 6 heteroatoms. The number of likely N-dealkylation sites (tertiary alicyclic amines) is 1. The maximum Gasteiger partial charge on any atom is 0.254 e. The molecule has 3 atom stereocenters. The highest BCUT2D eigenvalue weighted by molar-refractivity contribution is 5.99. The van der Waals surface area contributed by atoms with Crippen LogP contribution in [-0.2, 0) is 13.1 Å². The molecule has 0 spiro atoms. The number of hydrogen-bond acceptors (Lipinski definition) is 5. The Morgan fingerprint density at radius 2 is 2.00 bits per heavy atom. The van der Waals surface area contributed by atoms with E-state index in [0.717, 1.165) is 80.8 Å². The Labute approximate surface area is 196 Å². The van der Waals surface area contributed by atoms with E-state index in [1.807, 2.05) is 30.2 Å². The van der Waals surface area contributed by atoms with Crippen LogP contribution in [0.3, 0.4) is 0 Å². The van der Waals surface area contributed by atoms with Crippen LogP contribution in [0.1, 0.15) is 54.1 Å². The average molecular weight is 447 g/mol. The average Bonchev–Trinajstić information content (AvgIpc) is 3.42. The Hall–Kier alpha value is -2.28. The van der Waals surface area contributed by atoms with E-state index in [9.17, 15) is 9.90 Å². The first kappa shape index (κ1) is 21.3. The van der Waals surface area contributed by atoms with E-state index in [2.05, 4.69) is 33.4 Å². The molecule has 4 aliphatic rings. The number of carbonyl (C=O) groups is 1. The molecule has 2 unspecified atom stereocenters. The first-order chi connectivity index (χ1) is 15.9. The standard InChI is InChI=1S/C27H34N4O2/c1-27(33)11-21-15-30(16-22(21)12-27)14-18-6-8-29-25(9-18)19-4-5-24-20(10-19)17-31(26(24)32)23-3-2-7-28-13-23/h4-6,8-10,21-23,28,33H,2-3,7,11-17H2,1H3/t21?,22?,23-,27?/m0/s1. The number of aromatic nitrogens is 1. The largest absolute Gasteiger partial charge is 0.390 e. The third-order valence-corrected chi connectivity index (χ3v) is 8.23. The normalized spacial score (nSPS) is 31.8. The second-order valence-corrected chi connectivity index (χ2v) is 11.0. The van der Waals surface area contributed by atoms with Gasteiger partial charge in [0.25, 0.3) is 5.91 Å². The molecule has 1 saturated carbocycles. The van der Waals surface area contributed by atoms with Crippen LogP contribution in [0.25, 0.3) is 11.3 Å². The van der Waals surface area contributed by atoms with Gasteiger partial charge < -0.3 is 15.3 Å². The molecule has 3 aliphatic heterocycles. The van der Waals surface area contributed by atoms with E-state index in [4.69, 9.17) is 0 Å². The van der Waals surface area contributed by atoms with Crippen molar-refractivity contribution in [2.75, 3.05) is 26.2 Å². The second kappa shape index (κ2) is 8.19. The predicted molar refractivity (Wildman–Crippen MR) is 128 cm³/mol. The maximum absolute atomic E-state index is 13.0. The van der Waals surface area contributed by atoms with Crippen LogP contribution in [-0.4, -0.2) is 63.6 Å². The Morgan fingerprint density at radius 1 is 1.18 bits per heavy atom. The van der Waals surface area contributed by atoms with Crippen LogP contribution in [0.15, 0.2) is 36.5 Å². The molecule has 2 saturated heterocycles. The summed E-state index contributed by atoms with van der Waals surface area (Å²) >= 11 is 0. The summed E-state index contributed by atoms with van der Waals surface area (Å²) in [5.74, 6) is 1.42. The van der Waals surface area contributed by atoms with Gasteiger partial charge in [-0.2, -0.15) is 0 Å². The molecule has 2 N–H and O–H groups in total. The van der Waals surface area contributed by atoms with Gasteiger partial charge in [-0.3, -0.25) is 14.7 Å². The summed E-state index contributed by atoms with van der Waals surface area (Å²) in [6.07, 6.45) is 5.98. The Balaban J connectivity index is 1.16. The van der Waals surface area contributed by atoms with E-state index in [-0.39, 0.29) is 5.91 Å². The molecule has 4 heterocycles. The van der Waals surface area contributed by atoms with Crippen LogP contribution < -0.4 is 5.32 Å². The Kier molecular flexibility index (Phi) is 5.28. The van der Waals surface area contributed by atoms with E-state index < -0.39 is 5.60 Å². The molecule has 1 aliphatic carbocycles. The zero-order valence-electron chi connectivity index (χ0n) is 19.5. The molecule has 6 rings (SSSR count). The lowest BCUT2D eigenvalue weighted by Crippen LogP contribution is -2.46. The molecule has 0 radical (unpaired) electrons. The first-order valence-corrected chi connectivity index (χ1v) is 12.5. The Morgan fingerprint density at radius 3 is 2.76 bits per heavy atom. The summed E-state index contributed by atoms with van der Waals surface area (Å²) < 4.78 is 0. The van der Waals surface area contributed by atoms with Crippen molar-refractivity contribution in [3.63, 3.8) is 0 Å². The summed E-state index contributed by atoms with van der Waals surface area (Å²) in [5, 5.41) is 13.8. The fourth-order valence-corrected chi connectivity index (χ4v) is 6.73. The fourth-order valence-electron chi connectivity index (χ4n) is 6.73. The van der Waals surface area contributed by atoms with Gasteiger partial charge >= 0.3 is 0 Å². The quantitative estimate of drug-likeness (QED) is 0.756. The number of amides is 1. The number of rotatable bonds is 4. The lowest BCUT2D eigenvalue weighted by molar-refractivity contribution is 0.0540. The van der Waals surface area contributed by atoms with E-state index >= 15 is 0 Å². The highest BCUT2D eigenvalue weighted by Crippen LogP contribution is 2.44. The first-order valence-electron chi connectivity index (χ1n) is 12.5. The van der Waals surface area contributed by atoms with Crippen LogP contribution in [0.5, 0.6) is 0 Å². The maximum atomic E-state index is 13.0. The van der Waals surface area contributed by atoms with Crippen molar-refractivity contribution in [1.82, 2.24) is 20.1 Å². The van der Waals surface area contributed by atoms with Gasteiger partial charge in [0, 0.05) is 56.1 Å². The lowest BCUT2D eigenvalue weighted by Gasteiger charge is -2.31. The smallest absolute Gasteiger partial charge is 0.254 e. The molecule has 0 bridgehead atoms. The minimum absolute atomic E-state index is 0.172. The number of benzene rings is 1. The molecule has 1 amide bonds. The number of fused-ring (bicyclic) bond motifs is 2. The number of carbonyl (C=O) groups excluding carboxylic acids is 1. The lowest BCUT2D eigenvalue weighted by atomic mass is 10.0. The molecular formula is C27H34N4O2. The number of pyridine rings is 1. The summed E-state index contributed by atoms with van der Waals surface area (Å²) in [4.78, 5) is 22.2. The molecular weight excluding hydrogens is 412 g/mol. The van der Waals surface area contributed by atoms with Crippen LogP contribution >= 0.6 is 0 Å². The summed E-state index contributed by atoms with van der Waals surface area (Å²) in [7, 11) is 0. The van der Waals surface area contributed by atoms with Gasteiger partial charge in [0.2, 0.25) is 0 Å². The highest BCUT2D eigenvalue weighted by Gasteiger charge is 2.45. The van der Waals surface area contributed by atoms with Crippen LogP contribution in [0.2, 0.25) is 0 Å². The van der Waals surface area contributed by atoms with Crippen LogP contribution in [0.4, 0.5) is 0 Å². The van der Waals surface area contributed by atoms with E-state index in [1.54, 1.807) is 0 Å². The third kappa shape index (κ3) is 4.09. The van der Waals surface area contributed by atoms with Gasteiger partial charge in [0.05, 0.1) is 11.3 Å². The summed E-state index contributed by atoms with van der Waals surface area (Å²) in [6.45, 7) is 7.71. The molecule has 33 heavy (non-hydrogen) atoms. The second-order valence-electron chi connectivity index (χ2n) is 11.0. The van der Waals surface area contributed by atoms with Crippen molar-refractivity contribution in [1.29, 1.82) is 0 Å². The van der Waals surface area contributed by atoms with Gasteiger partial charge in [-0.1, -0.05) is 6.07 Å². The van der Waals surface area contributed by atoms with Gasteiger partial charge in [0.15, 0.2) is 0 Å². The predicted octanol–water partition coefficient (Wildman–Crippen LogP) is 3.05. The minimum Gasteiger partial charge on any atom is -0.390 e. The SMILES string of the molecule is CC1(O)CC2CN(Cc3ccnc(-c4ccc5c(c4)CN([C@H]4CCCNC4)C5=O)c3)CC2C1. The van der Waals surface area contributed by atoms with Crippen molar-refractivity contribution >= 4 is 5.91 Å². The van der Waals surface area contributed by atoms with Crippen molar-refractivity contribution in [3.05, 3.63) is 53.2 Å². The van der Waals surface area contributed by atoms with Crippen molar-refractivity contribution < 1.29 is 9.90 Å². The van der Waals surface area contributed by atoms with Crippen molar-refractivity contribution in [2.45, 2.75) is 57.3 Å². The molecule has 6 nitrogen and oxygen atoms in total. The molecule has 1 aromatic carbocycles. The van der Waals surface area contributed by atoms with Gasteiger partial charge in [-0.05, 0) is 86.4 Å². The van der Waals surface area contributed by atoms with Gasteiger partial charge in [0.1, 0.15) is 0 Å². The summed E-state index contributed by atoms with van der Waals surface area (Å²) in [5.41, 5.74) is 4.83. The number of nitrogens with one attached hydrogen (secondary N) is 1. The van der Waals surface area contributed by atoms with E-state index in [0.29, 0.717) is 24.4 Å². The number of aliphatic hydroxyl groups is 1. The summed E-state index contributed by atoms with van der Waals surface area (Å²) in [6, 6.07) is 10.8. The molecule has 1 aromatic heterocycles. The Bertz CT molecular complexity index is 1050. The zero-order valence-corrected chi connectivity index (χ0v) is 19.5. The molecule has 3 fully saturated rings. The monoisotopic (exact) mass is 446 g/mol. The van der Waals surface area contributed by atoms with Gasteiger partial charge in [-0.25, -0.2) is 0 Å². The number of nitrogens with zero attached hydrogens (tertiary/aromatic N) is 3. The van der Waals surface area contributed by atoms with Crippen molar-refractivity contribution in [3.8, 4) is 11.3 Å².